The number of carbonyl (C=O) groups excluding carboxylic acids is 2. The van der Waals surface area contributed by atoms with Gasteiger partial charge in [-0.15, -0.1) is 0 Å². The molecule has 0 aliphatic carbocycles. The summed E-state index contributed by atoms with van der Waals surface area (Å²) in [6.45, 7) is 4.02. The Hall–Kier alpha value is -1.32. The molecule has 1 rings (SSSR count). The van der Waals surface area contributed by atoms with Crippen molar-refractivity contribution in [2.45, 2.75) is 90.6 Å². The van der Waals surface area contributed by atoms with Crippen LogP contribution in [0.5, 0.6) is 0 Å². The molecule has 0 amide bonds. The Bertz CT molecular complexity index is 373. The summed E-state index contributed by atoms with van der Waals surface area (Å²) in [6, 6.07) is 0. The quantitative estimate of drug-likeness (QED) is 0.411. The molecule has 22 heavy (non-hydrogen) atoms. The van der Waals surface area contributed by atoms with E-state index in [2.05, 4.69) is 6.92 Å². The van der Waals surface area contributed by atoms with Crippen LogP contribution >= 0.6 is 0 Å². The standard InChI is InChI=1S/C18H30O4/c1-3-4-5-6-7-8-9-10-11-12-17(19)22-16-13-15(2)21-18(20)14-16/h14-15H,3-13H2,1-2H3. The Morgan fingerprint density at radius 3 is 2.32 bits per heavy atom. The highest BCUT2D eigenvalue weighted by Gasteiger charge is 2.20. The Labute approximate surface area is 134 Å². The van der Waals surface area contributed by atoms with Crippen LogP contribution in [0.3, 0.4) is 0 Å². The second-order valence-corrected chi connectivity index (χ2v) is 6.11. The van der Waals surface area contributed by atoms with Crippen molar-refractivity contribution >= 4 is 11.9 Å². The van der Waals surface area contributed by atoms with E-state index in [-0.39, 0.29) is 12.1 Å². The first-order chi connectivity index (χ1) is 10.6. The molecule has 0 bridgehead atoms. The maximum absolute atomic E-state index is 11.7. The monoisotopic (exact) mass is 310 g/mol. The van der Waals surface area contributed by atoms with Gasteiger partial charge in [0.05, 0.1) is 6.08 Å². The molecule has 4 heteroatoms. The summed E-state index contributed by atoms with van der Waals surface area (Å²) in [5, 5.41) is 0. The van der Waals surface area contributed by atoms with Crippen LogP contribution in [0.1, 0.15) is 84.5 Å². The lowest BCUT2D eigenvalue weighted by Gasteiger charge is -2.18. The van der Waals surface area contributed by atoms with Crippen molar-refractivity contribution in [1.82, 2.24) is 0 Å². The number of esters is 2. The van der Waals surface area contributed by atoms with Crippen molar-refractivity contribution < 1.29 is 19.1 Å². The molecule has 1 aliphatic heterocycles. The van der Waals surface area contributed by atoms with Gasteiger partial charge in [-0.2, -0.15) is 0 Å². The zero-order valence-electron chi connectivity index (χ0n) is 14.1. The summed E-state index contributed by atoms with van der Waals surface area (Å²) >= 11 is 0. The van der Waals surface area contributed by atoms with Gasteiger partial charge in [0, 0.05) is 12.8 Å². The van der Waals surface area contributed by atoms with Gasteiger partial charge in [0.1, 0.15) is 11.9 Å². The summed E-state index contributed by atoms with van der Waals surface area (Å²) in [5.74, 6) is -0.231. The smallest absolute Gasteiger partial charge is 0.334 e. The van der Waals surface area contributed by atoms with Crippen molar-refractivity contribution in [3.05, 3.63) is 11.8 Å². The number of ether oxygens (including phenoxy) is 2. The van der Waals surface area contributed by atoms with Gasteiger partial charge in [-0.3, -0.25) is 4.79 Å². The fraction of sp³-hybridized carbons (Fsp3) is 0.778. The number of hydrogen-bond donors (Lipinski definition) is 0. The first-order valence-corrected chi connectivity index (χ1v) is 8.73. The molecule has 0 aromatic carbocycles. The highest BCUT2D eigenvalue weighted by Crippen LogP contribution is 2.17. The number of cyclic esters (lactones) is 1. The predicted octanol–water partition coefficient (Wildman–Crippen LogP) is 4.67. The van der Waals surface area contributed by atoms with Crippen LogP contribution in [-0.4, -0.2) is 18.0 Å². The first-order valence-electron chi connectivity index (χ1n) is 8.73. The molecule has 126 valence electrons. The highest BCUT2D eigenvalue weighted by atomic mass is 16.6. The number of unbranched alkanes of at least 4 members (excludes halogenated alkanes) is 8. The molecule has 0 spiro atoms. The van der Waals surface area contributed by atoms with Gasteiger partial charge < -0.3 is 9.47 Å². The lowest BCUT2D eigenvalue weighted by Crippen LogP contribution is -2.21. The van der Waals surface area contributed by atoms with E-state index in [0.717, 1.165) is 12.8 Å². The Kier molecular flexibility index (Phi) is 9.60. The van der Waals surface area contributed by atoms with Crippen molar-refractivity contribution in [3.8, 4) is 0 Å². The van der Waals surface area contributed by atoms with E-state index >= 15 is 0 Å². The second-order valence-electron chi connectivity index (χ2n) is 6.11. The second kappa shape index (κ2) is 11.3. The van der Waals surface area contributed by atoms with Crippen LogP contribution in [0.2, 0.25) is 0 Å². The van der Waals surface area contributed by atoms with E-state index in [1.54, 1.807) is 6.92 Å². The van der Waals surface area contributed by atoms with E-state index in [4.69, 9.17) is 9.47 Å². The largest absolute Gasteiger partial charge is 0.459 e. The van der Waals surface area contributed by atoms with Crippen LogP contribution in [0.15, 0.2) is 11.8 Å². The van der Waals surface area contributed by atoms with Crippen molar-refractivity contribution in [1.29, 1.82) is 0 Å². The maximum Gasteiger partial charge on any atom is 0.334 e. The van der Waals surface area contributed by atoms with Gasteiger partial charge in [-0.25, -0.2) is 4.79 Å². The molecule has 0 fully saturated rings. The third-order valence-corrected chi connectivity index (χ3v) is 3.81. The van der Waals surface area contributed by atoms with Gasteiger partial charge >= 0.3 is 11.9 Å². The molecule has 0 radical (unpaired) electrons. The molecular weight excluding hydrogens is 280 g/mol. The molecule has 1 atom stereocenters. The summed E-state index contributed by atoms with van der Waals surface area (Å²) in [7, 11) is 0. The molecule has 4 nitrogen and oxygen atoms in total. The molecule has 0 saturated heterocycles. The minimum atomic E-state index is -0.426. The topological polar surface area (TPSA) is 52.6 Å². The van der Waals surface area contributed by atoms with Crippen LogP contribution < -0.4 is 0 Å². The Morgan fingerprint density at radius 2 is 1.73 bits per heavy atom. The Balaban J connectivity index is 2.01. The SMILES string of the molecule is CCCCCCCCCCCC(=O)OC1=CC(=O)OC(C)C1. The molecule has 0 aromatic rings. The van der Waals surface area contributed by atoms with Crippen LogP contribution in [0.4, 0.5) is 0 Å². The predicted molar refractivity (Wildman–Crippen MR) is 86.2 cm³/mol. The summed E-state index contributed by atoms with van der Waals surface area (Å²) in [4.78, 5) is 22.9. The third-order valence-electron chi connectivity index (χ3n) is 3.81. The Morgan fingerprint density at radius 1 is 1.14 bits per heavy atom. The van der Waals surface area contributed by atoms with Gasteiger partial charge in [0.25, 0.3) is 0 Å². The van der Waals surface area contributed by atoms with Crippen LogP contribution in [-0.2, 0) is 19.1 Å². The van der Waals surface area contributed by atoms with Gasteiger partial charge in [-0.1, -0.05) is 58.3 Å². The molecule has 1 heterocycles. The van der Waals surface area contributed by atoms with Gasteiger partial charge in [0.2, 0.25) is 0 Å². The van der Waals surface area contributed by atoms with Crippen molar-refractivity contribution in [2.75, 3.05) is 0 Å². The summed E-state index contributed by atoms with van der Waals surface area (Å²) in [5.41, 5.74) is 0. The van der Waals surface area contributed by atoms with Gasteiger partial charge in [-0.05, 0) is 13.3 Å². The number of carbonyl (C=O) groups is 2. The molecule has 0 N–H and O–H groups in total. The zero-order valence-corrected chi connectivity index (χ0v) is 14.1. The third kappa shape index (κ3) is 8.85. The van der Waals surface area contributed by atoms with Crippen LogP contribution in [0, 0.1) is 0 Å². The number of hydrogen-bond acceptors (Lipinski definition) is 4. The van der Waals surface area contributed by atoms with E-state index in [1.165, 1.54) is 51.0 Å². The van der Waals surface area contributed by atoms with E-state index < -0.39 is 5.97 Å². The fourth-order valence-electron chi connectivity index (χ4n) is 2.60. The summed E-state index contributed by atoms with van der Waals surface area (Å²) < 4.78 is 10.2. The average Bonchev–Trinajstić information content (AvgIpc) is 2.44. The average molecular weight is 310 g/mol. The summed E-state index contributed by atoms with van der Waals surface area (Å²) in [6.07, 6.45) is 12.9. The van der Waals surface area contributed by atoms with Crippen molar-refractivity contribution in [3.63, 3.8) is 0 Å². The van der Waals surface area contributed by atoms with Crippen LogP contribution in [0.25, 0.3) is 0 Å². The minimum Gasteiger partial charge on any atom is -0.459 e. The maximum atomic E-state index is 11.7. The van der Waals surface area contributed by atoms with E-state index in [9.17, 15) is 9.59 Å². The zero-order chi connectivity index (χ0) is 16.2. The molecule has 1 aliphatic rings. The highest BCUT2D eigenvalue weighted by molar-refractivity contribution is 5.84. The minimum absolute atomic E-state index is 0.215. The lowest BCUT2D eigenvalue weighted by atomic mass is 10.1. The molecule has 0 saturated carbocycles. The normalized spacial score (nSPS) is 17.8. The number of rotatable bonds is 11. The fourth-order valence-corrected chi connectivity index (χ4v) is 2.60. The first kappa shape index (κ1) is 18.7. The van der Waals surface area contributed by atoms with E-state index in [0.29, 0.717) is 18.6 Å². The molecular formula is C18H30O4. The lowest BCUT2D eigenvalue weighted by molar-refractivity contribution is -0.146. The van der Waals surface area contributed by atoms with E-state index in [1.807, 2.05) is 0 Å². The van der Waals surface area contributed by atoms with Gasteiger partial charge in [0.15, 0.2) is 0 Å². The van der Waals surface area contributed by atoms with Crippen molar-refractivity contribution in [2.24, 2.45) is 0 Å². The molecule has 1 unspecified atom stereocenters. The molecule has 0 aromatic heterocycles.